The molecule has 132 valence electrons. The number of benzene rings is 1. The first-order valence-electron chi connectivity index (χ1n) is 8.21. The van der Waals surface area contributed by atoms with Crippen LogP contribution in [0.3, 0.4) is 0 Å². The van der Waals surface area contributed by atoms with Gasteiger partial charge in [0.25, 0.3) is 5.91 Å². The fourth-order valence-electron chi connectivity index (χ4n) is 3.04. The van der Waals surface area contributed by atoms with Gasteiger partial charge in [-0.2, -0.15) is 13.2 Å². The number of aliphatic hydroxyl groups excluding tert-OH is 1. The van der Waals surface area contributed by atoms with Gasteiger partial charge in [0.1, 0.15) is 0 Å². The van der Waals surface area contributed by atoms with Gasteiger partial charge in [0, 0.05) is 38.3 Å². The molecule has 4 nitrogen and oxygen atoms in total. The molecule has 1 saturated heterocycles. The summed E-state index contributed by atoms with van der Waals surface area (Å²) in [6.45, 7) is 2.80. The van der Waals surface area contributed by atoms with E-state index in [1.807, 2.05) is 0 Å². The zero-order chi connectivity index (χ0) is 17.3. The van der Waals surface area contributed by atoms with Crippen LogP contribution >= 0.6 is 0 Å². The van der Waals surface area contributed by atoms with E-state index in [-0.39, 0.29) is 17.6 Å². The molecular formula is C17H21F3N2O2. The summed E-state index contributed by atoms with van der Waals surface area (Å²) in [6.07, 6.45) is -2.60. The normalized spacial score (nSPS) is 20.9. The van der Waals surface area contributed by atoms with Crippen molar-refractivity contribution < 1.29 is 23.1 Å². The Kier molecular flexibility index (Phi) is 4.83. The maximum absolute atomic E-state index is 12.8. The van der Waals surface area contributed by atoms with E-state index in [1.54, 1.807) is 4.90 Å². The van der Waals surface area contributed by atoms with Crippen molar-refractivity contribution in [2.75, 3.05) is 32.7 Å². The van der Waals surface area contributed by atoms with E-state index in [2.05, 4.69) is 4.90 Å². The Morgan fingerprint density at radius 2 is 1.88 bits per heavy atom. The highest BCUT2D eigenvalue weighted by Crippen LogP contribution is 2.33. The van der Waals surface area contributed by atoms with Crippen molar-refractivity contribution in [1.29, 1.82) is 0 Å². The molecule has 1 aliphatic heterocycles. The average molecular weight is 342 g/mol. The van der Waals surface area contributed by atoms with Gasteiger partial charge in [-0.1, -0.05) is 6.07 Å². The fraction of sp³-hybridized carbons (Fsp3) is 0.588. The van der Waals surface area contributed by atoms with Crippen LogP contribution in [-0.4, -0.2) is 59.6 Å². The number of β-amino-alcohol motifs (C(OH)–C–C–N with tert-alkyl or cyclic N) is 1. The molecule has 0 aromatic heterocycles. The van der Waals surface area contributed by atoms with Crippen LogP contribution in [0.1, 0.15) is 28.8 Å². The van der Waals surface area contributed by atoms with E-state index < -0.39 is 11.7 Å². The Labute approximate surface area is 138 Å². The average Bonchev–Trinajstić information content (AvgIpc) is 3.39. The molecule has 1 N–H and O–H groups in total. The summed E-state index contributed by atoms with van der Waals surface area (Å²) in [4.78, 5) is 16.1. The Hall–Kier alpha value is -1.60. The minimum atomic E-state index is -4.45. The first-order valence-corrected chi connectivity index (χ1v) is 8.21. The molecule has 0 radical (unpaired) electrons. The molecule has 1 aromatic carbocycles. The van der Waals surface area contributed by atoms with Crippen molar-refractivity contribution in [3.63, 3.8) is 0 Å². The molecule has 3 rings (SSSR count). The third-order valence-corrected chi connectivity index (χ3v) is 4.71. The molecular weight excluding hydrogens is 321 g/mol. The molecule has 1 amide bonds. The van der Waals surface area contributed by atoms with Crippen molar-refractivity contribution >= 4 is 5.91 Å². The molecule has 0 unspecified atom stereocenters. The number of halogens is 3. The second-order valence-electron chi connectivity index (χ2n) is 6.58. The lowest BCUT2D eigenvalue weighted by atomic mass is 10.1. The number of carbonyl (C=O) groups excluding carboxylic acids is 1. The second-order valence-corrected chi connectivity index (χ2v) is 6.58. The van der Waals surface area contributed by atoms with Gasteiger partial charge >= 0.3 is 6.18 Å². The number of amides is 1. The Bertz CT molecular complexity index is 594. The van der Waals surface area contributed by atoms with Crippen LogP contribution in [0.15, 0.2) is 24.3 Å². The van der Waals surface area contributed by atoms with Crippen LogP contribution in [0.2, 0.25) is 0 Å². The van der Waals surface area contributed by atoms with Crippen LogP contribution in [-0.2, 0) is 6.18 Å². The molecule has 24 heavy (non-hydrogen) atoms. The van der Waals surface area contributed by atoms with Crippen LogP contribution in [0, 0.1) is 5.92 Å². The predicted octanol–water partition coefficient (Wildman–Crippen LogP) is 2.23. The SMILES string of the molecule is O=C(c1cccc(C(F)(F)F)c1)N1CCN(C[C@H](O)C2CC2)CC1. The van der Waals surface area contributed by atoms with Crippen LogP contribution in [0.25, 0.3) is 0 Å². The summed E-state index contributed by atoms with van der Waals surface area (Å²) in [7, 11) is 0. The van der Waals surface area contributed by atoms with E-state index in [4.69, 9.17) is 0 Å². The zero-order valence-electron chi connectivity index (χ0n) is 13.3. The van der Waals surface area contributed by atoms with Crippen molar-refractivity contribution in [2.45, 2.75) is 25.1 Å². The van der Waals surface area contributed by atoms with Crippen molar-refractivity contribution in [3.8, 4) is 0 Å². The lowest BCUT2D eigenvalue weighted by molar-refractivity contribution is -0.137. The maximum Gasteiger partial charge on any atom is 0.416 e. The van der Waals surface area contributed by atoms with Gasteiger partial charge in [0.2, 0.25) is 0 Å². The topological polar surface area (TPSA) is 43.8 Å². The van der Waals surface area contributed by atoms with Gasteiger partial charge in [-0.05, 0) is 37.0 Å². The first-order chi connectivity index (χ1) is 11.3. The summed E-state index contributed by atoms with van der Waals surface area (Å²) in [5, 5.41) is 9.97. The summed E-state index contributed by atoms with van der Waals surface area (Å²) >= 11 is 0. The highest BCUT2D eigenvalue weighted by atomic mass is 19.4. The molecule has 1 aliphatic carbocycles. The van der Waals surface area contributed by atoms with E-state index in [1.165, 1.54) is 12.1 Å². The number of nitrogens with zero attached hydrogens (tertiary/aromatic N) is 2. The molecule has 2 aliphatic rings. The van der Waals surface area contributed by atoms with Gasteiger partial charge in [0.15, 0.2) is 0 Å². The number of hydrogen-bond donors (Lipinski definition) is 1. The summed E-state index contributed by atoms with van der Waals surface area (Å²) in [5.41, 5.74) is -0.740. The maximum atomic E-state index is 12.8. The molecule has 0 bridgehead atoms. The molecule has 7 heteroatoms. The summed E-state index contributed by atoms with van der Waals surface area (Å²) < 4.78 is 38.3. The monoisotopic (exact) mass is 342 g/mol. The van der Waals surface area contributed by atoms with Gasteiger partial charge in [-0.25, -0.2) is 0 Å². The van der Waals surface area contributed by atoms with Gasteiger partial charge in [0.05, 0.1) is 11.7 Å². The van der Waals surface area contributed by atoms with Crippen molar-refractivity contribution in [2.24, 2.45) is 5.92 Å². The summed E-state index contributed by atoms with van der Waals surface area (Å²) in [5.74, 6) is 0.0401. The van der Waals surface area contributed by atoms with E-state index in [0.717, 1.165) is 25.0 Å². The largest absolute Gasteiger partial charge is 0.416 e. The van der Waals surface area contributed by atoms with E-state index >= 15 is 0 Å². The first kappa shape index (κ1) is 17.2. The number of alkyl halides is 3. The van der Waals surface area contributed by atoms with Crippen molar-refractivity contribution in [1.82, 2.24) is 9.80 Å². The number of carbonyl (C=O) groups is 1. The number of rotatable bonds is 4. The molecule has 1 atom stereocenters. The van der Waals surface area contributed by atoms with Crippen molar-refractivity contribution in [3.05, 3.63) is 35.4 Å². The van der Waals surface area contributed by atoms with Crippen LogP contribution < -0.4 is 0 Å². The number of piperazine rings is 1. The third kappa shape index (κ3) is 4.08. The molecule has 2 fully saturated rings. The minimum Gasteiger partial charge on any atom is -0.392 e. The standard InChI is InChI=1S/C17H21F3N2O2/c18-17(19,20)14-3-1-2-13(10-14)16(24)22-8-6-21(7-9-22)11-15(23)12-4-5-12/h1-3,10,12,15,23H,4-9,11H2/t15-/m0/s1. The van der Waals surface area contributed by atoms with E-state index in [9.17, 15) is 23.1 Å². The quantitative estimate of drug-likeness (QED) is 0.913. The molecule has 1 aromatic rings. The van der Waals surface area contributed by atoms with Crippen LogP contribution in [0.4, 0.5) is 13.2 Å². The van der Waals surface area contributed by atoms with Gasteiger partial charge in [-0.3, -0.25) is 9.69 Å². The zero-order valence-corrected chi connectivity index (χ0v) is 13.3. The van der Waals surface area contributed by atoms with E-state index in [0.29, 0.717) is 38.6 Å². The highest BCUT2D eigenvalue weighted by Gasteiger charge is 2.33. The predicted molar refractivity (Wildman–Crippen MR) is 82.5 cm³/mol. The highest BCUT2D eigenvalue weighted by molar-refractivity contribution is 5.94. The number of aliphatic hydroxyl groups is 1. The summed E-state index contributed by atoms with van der Waals surface area (Å²) in [6, 6.07) is 4.55. The Morgan fingerprint density at radius 3 is 2.46 bits per heavy atom. The Balaban J connectivity index is 1.57. The third-order valence-electron chi connectivity index (χ3n) is 4.71. The lowest BCUT2D eigenvalue weighted by Gasteiger charge is -2.35. The smallest absolute Gasteiger partial charge is 0.392 e. The van der Waals surface area contributed by atoms with Gasteiger partial charge < -0.3 is 10.0 Å². The molecule has 0 spiro atoms. The Morgan fingerprint density at radius 1 is 1.21 bits per heavy atom. The fourth-order valence-corrected chi connectivity index (χ4v) is 3.04. The number of hydrogen-bond acceptors (Lipinski definition) is 3. The lowest BCUT2D eigenvalue weighted by Crippen LogP contribution is -2.50. The van der Waals surface area contributed by atoms with Crippen LogP contribution in [0.5, 0.6) is 0 Å². The molecule has 1 saturated carbocycles. The van der Waals surface area contributed by atoms with Gasteiger partial charge in [-0.15, -0.1) is 0 Å². The minimum absolute atomic E-state index is 0.0660. The second kappa shape index (κ2) is 6.72. The molecule has 1 heterocycles.